The Balaban J connectivity index is 1.64. The molecule has 192 valence electrons. The fourth-order valence-corrected chi connectivity index (χ4v) is 8.48. The molecule has 0 aliphatic heterocycles. The summed E-state index contributed by atoms with van der Waals surface area (Å²) in [6.45, 7) is 4.58. The van der Waals surface area contributed by atoms with Gasteiger partial charge in [-0.05, 0) is 55.8 Å². The van der Waals surface area contributed by atoms with E-state index in [9.17, 15) is 24.6 Å². The van der Waals surface area contributed by atoms with Crippen molar-refractivity contribution in [2.75, 3.05) is 13.2 Å². The number of aliphatic hydroxyl groups is 2. The Morgan fingerprint density at radius 2 is 1.94 bits per heavy atom. The summed E-state index contributed by atoms with van der Waals surface area (Å²) in [4.78, 5) is 37.4. The van der Waals surface area contributed by atoms with Crippen molar-refractivity contribution in [2.24, 2.45) is 40.2 Å². The van der Waals surface area contributed by atoms with Crippen molar-refractivity contribution in [3.8, 4) is 0 Å². The highest BCUT2D eigenvalue weighted by atomic mass is 35.5. The number of hydrogen-bond acceptors (Lipinski definition) is 7. The number of fused-ring (bicyclic) bond motifs is 5. The van der Waals surface area contributed by atoms with E-state index >= 15 is 4.39 Å². The fraction of sp³-hybridized carbons (Fsp3) is 0.880. The molecule has 0 saturated heterocycles. The summed E-state index contributed by atoms with van der Waals surface area (Å²) >= 11 is 5.78. The molecule has 4 aliphatic carbocycles. The summed E-state index contributed by atoms with van der Waals surface area (Å²) in [6.07, 6.45) is 1.21. The van der Waals surface area contributed by atoms with Gasteiger partial charge in [0.05, 0.1) is 6.10 Å². The number of nitrogens with two attached hydrogens (primary N) is 1. The van der Waals surface area contributed by atoms with Crippen LogP contribution in [-0.2, 0) is 19.1 Å². The molecule has 4 saturated carbocycles. The predicted octanol–water partition coefficient (Wildman–Crippen LogP) is 2.32. The van der Waals surface area contributed by atoms with E-state index in [4.69, 9.17) is 22.1 Å². The van der Waals surface area contributed by atoms with E-state index in [2.05, 4.69) is 0 Å². The van der Waals surface area contributed by atoms with Crippen molar-refractivity contribution in [1.82, 2.24) is 0 Å². The molecule has 0 bridgehead atoms. The lowest BCUT2D eigenvalue weighted by molar-refractivity contribution is -0.255. The summed E-state index contributed by atoms with van der Waals surface area (Å²) in [5, 5.41) is 22.1. The second-order valence-electron chi connectivity index (χ2n) is 11.7. The lowest BCUT2D eigenvalue weighted by Gasteiger charge is -2.65. The third-order valence-electron chi connectivity index (χ3n) is 10.4. The van der Waals surface area contributed by atoms with Crippen LogP contribution in [-0.4, -0.2) is 63.7 Å². The van der Waals surface area contributed by atoms with Crippen LogP contribution in [0.2, 0.25) is 0 Å². The van der Waals surface area contributed by atoms with Crippen LogP contribution in [0, 0.1) is 34.5 Å². The summed E-state index contributed by atoms with van der Waals surface area (Å²) < 4.78 is 22.2. The van der Waals surface area contributed by atoms with E-state index in [1.54, 1.807) is 13.8 Å². The number of halogens is 2. The first-order chi connectivity index (χ1) is 15.8. The van der Waals surface area contributed by atoms with Crippen molar-refractivity contribution in [3.05, 3.63) is 0 Å². The van der Waals surface area contributed by atoms with Gasteiger partial charge in [0.1, 0.15) is 22.4 Å². The molecule has 4 N–H and O–H groups in total. The first-order valence-corrected chi connectivity index (χ1v) is 12.9. The molecule has 9 heteroatoms. The van der Waals surface area contributed by atoms with Crippen LogP contribution in [0.4, 0.5) is 4.39 Å². The Kier molecular flexibility index (Phi) is 6.49. The maximum Gasteiger partial charge on any atom is 0.325 e. The van der Waals surface area contributed by atoms with Crippen molar-refractivity contribution in [1.29, 1.82) is 0 Å². The van der Waals surface area contributed by atoms with E-state index in [-0.39, 0.29) is 30.6 Å². The second kappa shape index (κ2) is 8.49. The summed E-state index contributed by atoms with van der Waals surface area (Å²) in [5.74, 6) is -2.84. The van der Waals surface area contributed by atoms with Crippen LogP contribution in [0.15, 0.2) is 0 Å². The highest BCUT2D eigenvalue weighted by Crippen LogP contribution is 2.71. The molecular weight excluding hydrogens is 465 g/mol. The summed E-state index contributed by atoms with van der Waals surface area (Å²) in [5.41, 5.74) is -0.328. The molecule has 0 heterocycles. The number of carbonyl (C=O) groups excluding carboxylic acids is 3. The van der Waals surface area contributed by atoms with Gasteiger partial charge in [0, 0.05) is 30.2 Å². The molecule has 4 aliphatic rings. The number of alkyl halides is 2. The topological polar surface area (TPSA) is 127 Å². The van der Waals surface area contributed by atoms with E-state index in [1.807, 2.05) is 6.92 Å². The molecule has 0 radical (unpaired) electrons. The smallest absolute Gasteiger partial charge is 0.325 e. The van der Waals surface area contributed by atoms with Crippen LogP contribution in [0.25, 0.3) is 0 Å². The van der Waals surface area contributed by atoms with Crippen molar-refractivity contribution < 1.29 is 33.7 Å². The van der Waals surface area contributed by atoms with Crippen molar-refractivity contribution in [2.45, 2.75) is 88.5 Å². The van der Waals surface area contributed by atoms with Gasteiger partial charge in [-0.3, -0.25) is 14.4 Å². The van der Waals surface area contributed by atoms with Crippen molar-refractivity contribution >= 4 is 29.1 Å². The van der Waals surface area contributed by atoms with Gasteiger partial charge in [-0.1, -0.05) is 20.8 Å². The molecule has 4 unspecified atom stereocenters. The SMILES string of the molecule is C[C@H]1CC2C3CCC4CC(=O)CC[C@]4(C)[C@@]3(F)[C@@H](O)C[C@]2(C)[C@@]1(O)C(=O)COC(=O)C(Cl)CN. The monoisotopic (exact) mass is 501 g/mol. The number of aliphatic hydroxyl groups excluding tert-OH is 1. The molecule has 10 atom stereocenters. The van der Waals surface area contributed by atoms with Crippen LogP contribution >= 0.6 is 11.6 Å². The Bertz CT molecular complexity index is 887. The first kappa shape index (κ1) is 26.0. The predicted molar refractivity (Wildman–Crippen MR) is 123 cm³/mol. The quantitative estimate of drug-likeness (QED) is 0.389. The fourth-order valence-electron chi connectivity index (χ4n) is 8.42. The van der Waals surface area contributed by atoms with Gasteiger partial charge >= 0.3 is 5.97 Å². The molecule has 4 fully saturated rings. The number of Topliss-reactive ketones (excluding diaryl/α,β-unsaturated/α-hetero) is 2. The molecule has 0 spiro atoms. The molecular formula is C25H37ClFNO6. The van der Waals surface area contributed by atoms with E-state index < -0.39 is 63.8 Å². The Morgan fingerprint density at radius 1 is 1.26 bits per heavy atom. The normalized spacial score (nSPS) is 48.9. The molecule has 34 heavy (non-hydrogen) atoms. The zero-order valence-corrected chi connectivity index (χ0v) is 20.9. The van der Waals surface area contributed by atoms with Gasteiger partial charge in [0.25, 0.3) is 0 Å². The summed E-state index contributed by atoms with van der Waals surface area (Å²) in [7, 11) is 0. The van der Waals surface area contributed by atoms with E-state index in [0.29, 0.717) is 38.5 Å². The minimum atomic E-state index is -1.89. The van der Waals surface area contributed by atoms with Gasteiger partial charge in [-0.15, -0.1) is 11.6 Å². The highest BCUT2D eigenvalue weighted by Gasteiger charge is 2.76. The van der Waals surface area contributed by atoms with Crippen LogP contribution in [0.5, 0.6) is 0 Å². The lowest BCUT2D eigenvalue weighted by Crippen LogP contribution is -2.71. The Morgan fingerprint density at radius 3 is 2.59 bits per heavy atom. The molecule has 0 aromatic carbocycles. The van der Waals surface area contributed by atoms with Gasteiger partial charge in [0.2, 0.25) is 5.78 Å². The zero-order chi connectivity index (χ0) is 25.3. The van der Waals surface area contributed by atoms with Gasteiger partial charge < -0.3 is 20.7 Å². The van der Waals surface area contributed by atoms with Crippen molar-refractivity contribution in [3.63, 3.8) is 0 Å². The van der Waals surface area contributed by atoms with E-state index in [0.717, 1.165) is 0 Å². The maximum absolute atomic E-state index is 17.2. The average Bonchev–Trinajstić information content (AvgIpc) is 2.99. The maximum atomic E-state index is 17.2. The zero-order valence-electron chi connectivity index (χ0n) is 20.2. The number of rotatable bonds is 5. The second-order valence-corrected chi connectivity index (χ2v) is 12.2. The highest BCUT2D eigenvalue weighted by molar-refractivity contribution is 6.30. The molecule has 0 aromatic heterocycles. The molecule has 0 amide bonds. The molecule has 7 nitrogen and oxygen atoms in total. The van der Waals surface area contributed by atoms with Crippen LogP contribution in [0.3, 0.4) is 0 Å². The molecule has 0 aromatic rings. The third-order valence-corrected chi connectivity index (χ3v) is 10.7. The standard InChI is InChI=1S/C25H37ClFNO6/c1-13-8-17-16-5-4-14-9-15(29)6-7-22(14,2)24(16,27)19(30)10-23(17,3)25(13,33)20(31)12-34-21(32)18(26)11-28/h13-14,16-19,30,33H,4-12,28H2,1-3H3/t13-,14?,16?,17?,18?,19-,22-,23-,24-,25-/m0/s1. The van der Waals surface area contributed by atoms with E-state index in [1.165, 1.54) is 0 Å². The lowest BCUT2D eigenvalue weighted by atomic mass is 9.42. The average molecular weight is 502 g/mol. The summed E-state index contributed by atoms with van der Waals surface area (Å²) in [6, 6.07) is 0. The number of ketones is 2. The minimum absolute atomic E-state index is 0.0810. The van der Waals surface area contributed by atoms with Crippen LogP contribution in [0.1, 0.15) is 65.7 Å². The number of hydrogen-bond donors (Lipinski definition) is 3. The Labute approximate surface area is 204 Å². The van der Waals surface area contributed by atoms with Crippen LogP contribution < -0.4 is 5.73 Å². The number of carbonyl (C=O) groups is 3. The van der Waals surface area contributed by atoms with Gasteiger partial charge in [-0.2, -0.15) is 0 Å². The number of ether oxygens (including phenoxy) is 1. The first-order valence-electron chi connectivity index (χ1n) is 12.4. The number of esters is 1. The molecule has 4 rings (SSSR count). The minimum Gasteiger partial charge on any atom is -0.456 e. The third kappa shape index (κ3) is 3.27. The largest absolute Gasteiger partial charge is 0.456 e. The Hall–Kier alpha value is -1.09. The van der Waals surface area contributed by atoms with Gasteiger partial charge in [0.15, 0.2) is 6.61 Å². The van der Waals surface area contributed by atoms with Gasteiger partial charge in [-0.25, -0.2) is 4.39 Å².